The molecular weight excluding hydrogens is 248 g/mol. The molecule has 0 saturated carbocycles. The average molecular weight is 280 g/mol. The molecule has 0 aromatic heterocycles. The Labute approximate surface area is 124 Å². The summed E-state index contributed by atoms with van der Waals surface area (Å²) in [4.78, 5) is 14.8. The highest BCUT2D eigenvalue weighted by atomic mass is 16.2. The molecule has 0 spiro atoms. The molecule has 2 saturated heterocycles. The van der Waals surface area contributed by atoms with Crippen LogP contribution in [0.5, 0.6) is 0 Å². The van der Waals surface area contributed by atoms with E-state index in [0.717, 1.165) is 26.1 Å². The summed E-state index contributed by atoms with van der Waals surface area (Å²) in [6.07, 6.45) is 4.53. The molecule has 0 aromatic rings. The van der Waals surface area contributed by atoms with Gasteiger partial charge in [0, 0.05) is 19.0 Å². The van der Waals surface area contributed by atoms with Crippen molar-refractivity contribution in [2.24, 2.45) is 23.7 Å². The largest absolute Gasteiger partial charge is 0.339 e. The third kappa shape index (κ3) is 3.75. The Morgan fingerprint density at radius 2 is 2.10 bits per heavy atom. The Morgan fingerprint density at radius 1 is 1.35 bits per heavy atom. The second-order valence-electron chi connectivity index (χ2n) is 7.39. The fourth-order valence-electron chi connectivity index (χ4n) is 3.97. The van der Waals surface area contributed by atoms with E-state index in [2.05, 4.69) is 37.9 Å². The molecule has 0 aliphatic carbocycles. The van der Waals surface area contributed by atoms with Gasteiger partial charge in [0.25, 0.3) is 0 Å². The zero-order valence-corrected chi connectivity index (χ0v) is 13.7. The van der Waals surface area contributed by atoms with Crippen LogP contribution in [0.4, 0.5) is 0 Å². The Balaban J connectivity index is 1.89. The number of carbonyl (C=O) groups excluding carboxylic acids is 1. The monoisotopic (exact) mass is 280 g/mol. The maximum Gasteiger partial charge on any atom is 0.223 e. The first-order chi connectivity index (χ1) is 9.49. The summed E-state index contributed by atoms with van der Waals surface area (Å²) < 4.78 is 0. The quantitative estimate of drug-likeness (QED) is 0.862. The van der Waals surface area contributed by atoms with Crippen LogP contribution in [0.25, 0.3) is 0 Å². The summed E-state index contributed by atoms with van der Waals surface area (Å²) in [5.74, 6) is 2.86. The van der Waals surface area contributed by atoms with Crippen LogP contribution in [0.3, 0.4) is 0 Å². The molecule has 3 nitrogen and oxygen atoms in total. The van der Waals surface area contributed by atoms with Crippen molar-refractivity contribution in [3.63, 3.8) is 0 Å². The smallest absolute Gasteiger partial charge is 0.223 e. The molecule has 0 bridgehead atoms. The van der Waals surface area contributed by atoms with Gasteiger partial charge < -0.3 is 10.2 Å². The van der Waals surface area contributed by atoms with E-state index in [9.17, 15) is 4.79 Å². The minimum Gasteiger partial charge on any atom is -0.339 e. The van der Waals surface area contributed by atoms with E-state index >= 15 is 0 Å². The van der Waals surface area contributed by atoms with E-state index in [1.165, 1.54) is 19.3 Å². The lowest BCUT2D eigenvalue weighted by atomic mass is 9.83. The number of amides is 1. The first-order valence-corrected chi connectivity index (χ1v) is 8.49. The first kappa shape index (κ1) is 15.8. The molecule has 2 fully saturated rings. The molecule has 5 atom stereocenters. The molecule has 2 heterocycles. The fourth-order valence-corrected chi connectivity index (χ4v) is 3.97. The van der Waals surface area contributed by atoms with Gasteiger partial charge in [0.15, 0.2) is 0 Å². The highest BCUT2D eigenvalue weighted by Gasteiger charge is 2.33. The van der Waals surface area contributed by atoms with Crippen LogP contribution >= 0.6 is 0 Å². The van der Waals surface area contributed by atoms with Gasteiger partial charge in [-0.05, 0) is 62.9 Å². The number of carbonyl (C=O) groups is 1. The second-order valence-corrected chi connectivity index (χ2v) is 7.39. The molecule has 2 rings (SSSR count). The Hall–Kier alpha value is -0.570. The second kappa shape index (κ2) is 6.93. The zero-order chi connectivity index (χ0) is 14.7. The van der Waals surface area contributed by atoms with E-state index in [1.807, 2.05) is 0 Å². The third-order valence-electron chi connectivity index (χ3n) is 5.55. The van der Waals surface area contributed by atoms with Crippen molar-refractivity contribution in [2.45, 2.75) is 59.4 Å². The Kier molecular flexibility index (Phi) is 5.48. The van der Waals surface area contributed by atoms with Gasteiger partial charge in [0.2, 0.25) is 5.91 Å². The average Bonchev–Trinajstić information content (AvgIpc) is 2.43. The molecule has 2 aliphatic heterocycles. The lowest BCUT2D eigenvalue weighted by Crippen LogP contribution is -2.49. The number of rotatable bonds is 3. The van der Waals surface area contributed by atoms with Gasteiger partial charge in [-0.2, -0.15) is 0 Å². The van der Waals surface area contributed by atoms with Gasteiger partial charge in [0.05, 0.1) is 0 Å². The number of nitrogens with zero attached hydrogens (tertiary/aromatic N) is 1. The molecule has 1 amide bonds. The van der Waals surface area contributed by atoms with Crippen LogP contribution in [0.2, 0.25) is 0 Å². The van der Waals surface area contributed by atoms with Crippen LogP contribution in [0.15, 0.2) is 0 Å². The van der Waals surface area contributed by atoms with Crippen molar-refractivity contribution in [3.05, 3.63) is 0 Å². The number of piperidine rings is 2. The van der Waals surface area contributed by atoms with Crippen molar-refractivity contribution >= 4 is 5.91 Å². The molecular formula is C17H32N2O. The maximum absolute atomic E-state index is 12.7. The molecule has 1 N–H and O–H groups in total. The van der Waals surface area contributed by atoms with Crippen molar-refractivity contribution in [3.8, 4) is 0 Å². The highest BCUT2D eigenvalue weighted by Crippen LogP contribution is 2.29. The van der Waals surface area contributed by atoms with Crippen LogP contribution in [-0.2, 0) is 4.79 Å². The molecule has 0 radical (unpaired) electrons. The molecule has 5 unspecified atom stereocenters. The molecule has 0 aromatic carbocycles. The summed E-state index contributed by atoms with van der Waals surface area (Å²) in [6.45, 7) is 12.2. The van der Waals surface area contributed by atoms with E-state index in [4.69, 9.17) is 0 Å². The standard InChI is InChI=1S/C17H32N2O/c1-12-8-13(2)15(4)19(11-12)17(20)9-14(3)16-6-5-7-18-10-16/h12-16,18H,5-11H2,1-4H3. The lowest BCUT2D eigenvalue weighted by molar-refractivity contribution is -0.138. The summed E-state index contributed by atoms with van der Waals surface area (Å²) in [7, 11) is 0. The highest BCUT2D eigenvalue weighted by molar-refractivity contribution is 5.77. The van der Waals surface area contributed by atoms with Gasteiger partial charge in [-0.15, -0.1) is 0 Å². The third-order valence-corrected chi connectivity index (χ3v) is 5.55. The number of likely N-dealkylation sites (tertiary alicyclic amines) is 1. The van der Waals surface area contributed by atoms with E-state index in [-0.39, 0.29) is 0 Å². The first-order valence-electron chi connectivity index (χ1n) is 8.49. The number of nitrogens with one attached hydrogen (secondary N) is 1. The predicted molar refractivity (Wildman–Crippen MR) is 83.5 cm³/mol. The predicted octanol–water partition coefficient (Wildman–Crippen LogP) is 2.91. The van der Waals surface area contributed by atoms with Crippen LogP contribution < -0.4 is 5.32 Å². The Morgan fingerprint density at radius 3 is 2.75 bits per heavy atom. The fraction of sp³-hybridized carbons (Fsp3) is 0.941. The summed E-state index contributed by atoms with van der Waals surface area (Å²) in [5, 5.41) is 3.47. The van der Waals surface area contributed by atoms with Crippen molar-refractivity contribution in [2.75, 3.05) is 19.6 Å². The topological polar surface area (TPSA) is 32.3 Å². The SMILES string of the molecule is CC1CC(C)C(C)N(C(=O)CC(C)C2CCCNC2)C1. The van der Waals surface area contributed by atoms with Crippen LogP contribution in [0, 0.1) is 23.7 Å². The number of hydrogen-bond acceptors (Lipinski definition) is 2. The zero-order valence-electron chi connectivity index (χ0n) is 13.7. The summed E-state index contributed by atoms with van der Waals surface area (Å²) in [5.41, 5.74) is 0. The lowest BCUT2D eigenvalue weighted by Gasteiger charge is -2.42. The molecule has 2 aliphatic rings. The maximum atomic E-state index is 12.7. The summed E-state index contributed by atoms with van der Waals surface area (Å²) >= 11 is 0. The van der Waals surface area contributed by atoms with Crippen molar-refractivity contribution < 1.29 is 4.79 Å². The number of hydrogen-bond donors (Lipinski definition) is 1. The normalized spacial score (nSPS) is 36.7. The Bertz CT molecular complexity index is 325. The molecule has 116 valence electrons. The van der Waals surface area contributed by atoms with E-state index in [1.54, 1.807) is 0 Å². The van der Waals surface area contributed by atoms with Crippen LogP contribution in [0.1, 0.15) is 53.4 Å². The van der Waals surface area contributed by atoms with Gasteiger partial charge in [0.1, 0.15) is 0 Å². The van der Waals surface area contributed by atoms with Crippen molar-refractivity contribution in [1.29, 1.82) is 0 Å². The van der Waals surface area contributed by atoms with Crippen LogP contribution in [-0.4, -0.2) is 36.5 Å². The van der Waals surface area contributed by atoms with Gasteiger partial charge in [-0.1, -0.05) is 20.8 Å². The van der Waals surface area contributed by atoms with E-state index < -0.39 is 0 Å². The summed E-state index contributed by atoms with van der Waals surface area (Å²) in [6, 6.07) is 0.412. The van der Waals surface area contributed by atoms with Gasteiger partial charge in [-0.3, -0.25) is 4.79 Å². The molecule has 3 heteroatoms. The van der Waals surface area contributed by atoms with Crippen molar-refractivity contribution in [1.82, 2.24) is 10.2 Å². The minimum atomic E-state index is 0.383. The molecule has 20 heavy (non-hydrogen) atoms. The van der Waals surface area contributed by atoms with Gasteiger partial charge >= 0.3 is 0 Å². The minimum absolute atomic E-state index is 0.383. The van der Waals surface area contributed by atoms with Gasteiger partial charge in [-0.25, -0.2) is 0 Å². The van der Waals surface area contributed by atoms with E-state index in [0.29, 0.717) is 35.6 Å².